The molecule has 1 aliphatic carbocycles. The van der Waals surface area contributed by atoms with Gasteiger partial charge in [0.1, 0.15) is 5.75 Å². The van der Waals surface area contributed by atoms with Crippen LogP contribution in [0.1, 0.15) is 85.8 Å². The Bertz CT molecular complexity index is 1620. The molecule has 0 aliphatic heterocycles. The molecule has 0 bridgehead atoms. The highest BCUT2D eigenvalue weighted by Crippen LogP contribution is 2.23. The molecule has 1 aliphatic rings. The van der Waals surface area contributed by atoms with E-state index >= 15 is 0 Å². The number of benzene rings is 3. The number of ether oxygens (including phenoxy) is 1. The molecule has 0 radical (unpaired) electrons. The third-order valence-electron chi connectivity index (χ3n) is 8.00. The Kier molecular flexibility index (Phi) is 14.7. The number of hydrogen-bond acceptors (Lipinski definition) is 6. The average molecular weight is 700 g/mol. The van der Waals surface area contributed by atoms with Crippen molar-refractivity contribution in [3.8, 4) is 5.75 Å². The number of methoxy groups -OCH3 is 1. The molecule has 12 heteroatoms. The summed E-state index contributed by atoms with van der Waals surface area (Å²) in [6, 6.07) is 18.2. The highest BCUT2D eigenvalue weighted by atomic mass is 35.5. The number of aliphatic carboxylic acids is 1. The van der Waals surface area contributed by atoms with E-state index in [0.29, 0.717) is 35.2 Å². The van der Waals surface area contributed by atoms with Crippen molar-refractivity contribution in [2.24, 2.45) is 5.92 Å². The molecule has 1 unspecified atom stereocenters. The maximum atomic E-state index is 12.5. The minimum Gasteiger partial charge on any atom is -0.496 e. The molecule has 1 saturated carbocycles. The predicted molar refractivity (Wildman–Crippen MR) is 187 cm³/mol. The maximum absolute atomic E-state index is 12.5. The third kappa shape index (κ3) is 12.2. The molecule has 0 saturated heterocycles. The number of urea groups is 1. The van der Waals surface area contributed by atoms with E-state index in [-0.39, 0.29) is 16.8 Å². The first kappa shape index (κ1) is 38.4. The van der Waals surface area contributed by atoms with Crippen molar-refractivity contribution < 1.29 is 32.6 Å². The second-order valence-corrected chi connectivity index (χ2v) is 14.4. The number of amides is 3. The van der Waals surface area contributed by atoms with Gasteiger partial charge in [-0.1, -0.05) is 81.1 Å². The van der Waals surface area contributed by atoms with Gasteiger partial charge in [-0.2, -0.15) is 0 Å². The van der Waals surface area contributed by atoms with Gasteiger partial charge < -0.3 is 20.5 Å². The normalized spacial score (nSPS) is 13.9. The summed E-state index contributed by atoms with van der Waals surface area (Å²) >= 11 is 5.96. The van der Waals surface area contributed by atoms with E-state index in [4.69, 9.17) is 21.4 Å². The fourth-order valence-corrected chi connectivity index (χ4v) is 6.39. The van der Waals surface area contributed by atoms with Crippen LogP contribution in [0.2, 0.25) is 5.02 Å². The van der Waals surface area contributed by atoms with E-state index in [2.05, 4.69) is 29.2 Å². The smallest absolute Gasteiger partial charge is 0.328 e. The molecule has 4 rings (SSSR count). The summed E-state index contributed by atoms with van der Waals surface area (Å²) in [5.74, 6) is -0.453. The zero-order valence-electron chi connectivity index (χ0n) is 27.9. The van der Waals surface area contributed by atoms with Gasteiger partial charge in [0.25, 0.3) is 15.9 Å². The monoisotopic (exact) mass is 699 g/mol. The van der Waals surface area contributed by atoms with Crippen LogP contribution in [-0.4, -0.2) is 51.1 Å². The summed E-state index contributed by atoms with van der Waals surface area (Å²) in [7, 11) is -2.49. The first-order valence-electron chi connectivity index (χ1n) is 16.1. The van der Waals surface area contributed by atoms with Crippen LogP contribution in [0.4, 0.5) is 4.79 Å². The lowest BCUT2D eigenvalue weighted by molar-refractivity contribution is -0.138. The van der Waals surface area contributed by atoms with Crippen LogP contribution >= 0.6 is 11.6 Å². The third-order valence-corrected chi connectivity index (χ3v) is 9.58. The fourth-order valence-electron chi connectivity index (χ4n) is 5.31. The highest BCUT2D eigenvalue weighted by Gasteiger charge is 2.21. The van der Waals surface area contributed by atoms with Gasteiger partial charge in [-0.05, 0) is 85.5 Å². The van der Waals surface area contributed by atoms with Crippen LogP contribution in [0.3, 0.4) is 0 Å². The molecule has 48 heavy (non-hydrogen) atoms. The van der Waals surface area contributed by atoms with Gasteiger partial charge >= 0.3 is 12.0 Å². The first-order valence-corrected chi connectivity index (χ1v) is 18.0. The molecule has 0 spiro atoms. The Labute approximate surface area is 288 Å². The zero-order valence-corrected chi connectivity index (χ0v) is 29.5. The van der Waals surface area contributed by atoms with Gasteiger partial charge in [-0.15, -0.1) is 0 Å². The number of carboxylic acid groups (broad SMARTS) is 1. The van der Waals surface area contributed by atoms with Crippen LogP contribution in [0.15, 0.2) is 71.6 Å². The van der Waals surface area contributed by atoms with Crippen molar-refractivity contribution >= 4 is 39.5 Å². The second-order valence-electron chi connectivity index (χ2n) is 12.3. The Balaban J connectivity index is 0.000000348. The Morgan fingerprint density at radius 1 is 0.917 bits per heavy atom. The Morgan fingerprint density at radius 3 is 2.12 bits per heavy atom. The van der Waals surface area contributed by atoms with Gasteiger partial charge in [0, 0.05) is 17.6 Å². The molecule has 0 heterocycles. The van der Waals surface area contributed by atoms with Gasteiger partial charge in [-0.25, -0.2) is 17.9 Å². The summed E-state index contributed by atoms with van der Waals surface area (Å²) in [6.45, 7) is 6.39. The van der Waals surface area contributed by atoms with Gasteiger partial charge in [-0.3, -0.25) is 9.59 Å². The van der Waals surface area contributed by atoms with Crippen LogP contribution in [-0.2, 0) is 27.7 Å². The van der Waals surface area contributed by atoms with E-state index in [0.717, 1.165) is 49.7 Å². The van der Waals surface area contributed by atoms with Crippen molar-refractivity contribution in [3.05, 3.63) is 94.0 Å². The van der Waals surface area contributed by atoms with Crippen LogP contribution < -0.4 is 20.1 Å². The first-order chi connectivity index (χ1) is 22.8. The van der Waals surface area contributed by atoms with E-state index in [1.54, 1.807) is 31.2 Å². The van der Waals surface area contributed by atoms with Crippen molar-refractivity contribution in [1.29, 1.82) is 0 Å². The molecule has 260 valence electrons. The molecule has 4 N–H and O–H groups in total. The number of hydrogen-bond donors (Lipinski definition) is 4. The molecule has 0 aromatic heterocycles. The largest absolute Gasteiger partial charge is 0.496 e. The highest BCUT2D eigenvalue weighted by molar-refractivity contribution is 7.90. The summed E-state index contributed by atoms with van der Waals surface area (Å²) in [4.78, 5) is 35.3. The van der Waals surface area contributed by atoms with E-state index in [9.17, 15) is 22.8 Å². The summed E-state index contributed by atoms with van der Waals surface area (Å²) < 4.78 is 32.2. The quantitative estimate of drug-likeness (QED) is 0.164. The Morgan fingerprint density at radius 2 is 1.54 bits per heavy atom. The van der Waals surface area contributed by atoms with E-state index in [1.807, 2.05) is 24.3 Å². The SMILES string of the molecule is CC(C)Cc1ccc(C(C)C(=O)O)cc1.COc1ccc(Cl)cc1C(=O)NCCc1ccc(S(=O)(=O)NC(=O)NC2CCCCC2)cc1. The standard InChI is InChI=1S/C23H28ClN3O5S.C13H18O2/c1-32-21-12-9-17(24)15-20(21)22(28)25-14-13-16-7-10-19(11-8-16)33(30,31)27-23(29)26-18-5-3-2-4-6-18;1-9(2)8-11-4-6-12(7-5-11)10(3)13(14)15/h7-12,15,18H,2-6,13-14H2,1H3,(H,25,28)(H2,26,27,29);4-7,9-10H,8H2,1-3H3,(H,14,15). The molecular weight excluding hydrogens is 654 g/mol. The molecular formula is C36H46ClN3O7S. The lowest BCUT2D eigenvalue weighted by Crippen LogP contribution is -2.45. The Hall–Kier alpha value is -4.09. The summed E-state index contributed by atoms with van der Waals surface area (Å²) in [6.07, 6.45) is 6.47. The molecule has 1 atom stereocenters. The van der Waals surface area contributed by atoms with E-state index in [1.165, 1.54) is 30.9 Å². The minimum atomic E-state index is -3.97. The number of carbonyl (C=O) groups excluding carboxylic acids is 2. The van der Waals surface area contributed by atoms with Crippen molar-refractivity contribution in [2.45, 2.75) is 82.6 Å². The topological polar surface area (TPSA) is 151 Å². The van der Waals surface area contributed by atoms with Gasteiger partial charge in [0.2, 0.25) is 0 Å². The van der Waals surface area contributed by atoms with Crippen molar-refractivity contribution in [2.75, 3.05) is 13.7 Å². The molecule has 3 amide bonds. The number of nitrogens with one attached hydrogen (secondary N) is 3. The average Bonchev–Trinajstić information content (AvgIpc) is 3.05. The number of rotatable bonds is 12. The minimum absolute atomic E-state index is 0.00209. The molecule has 1 fully saturated rings. The lowest BCUT2D eigenvalue weighted by Gasteiger charge is -2.22. The van der Waals surface area contributed by atoms with Crippen molar-refractivity contribution in [3.63, 3.8) is 0 Å². The number of carbonyl (C=O) groups is 3. The number of carboxylic acids is 1. The van der Waals surface area contributed by atoms with Crippen molar-refractivity contribution in [1.82, 2.24) is 15.4 Å². The lowest BCUT2D eigenvalue weighted by atomic mass is 9.96. The number of halogens is 1. The van der Waals surface area contributed by atoms with Crippen LogP contribution in [0.25, 0.3) is 0 Å². The summed E-state index contributed by atoms with van der Waals surface area (Å²) in [5, 5.41) is 14.8. The van der Waals surface area contributed by atoms with Gasteiger partial charge in [0.05, 0.1) is 23.5 Å². The van der Waals surface area contributed by atoms with Crippen LogP contribution in [0.5, 0.6) is 5.75 Å². The molecule has 10 nitrogen and oxygen atoms in total. The summed E-state index contributed by atoms with van der Waals surface area (Å²) in [5.41, 5.74) is 3.31. The second kappa shape index (κ2) is 18.5. The molecule has 3 aromatic rings. The van der Waals surface area contributed by atoms with Gasteiger partial charge in [0.15, 0.2) is 0 Å². The zero-order chi connectivity index (χ0) is 35.3. The maximum Gasteiger partial charge on any atom is 0.328 e. The number of sulfonamides is 1. The van der Waals surface area contributed by atoms with E-state index < -0.39 is 27.9 Å². The fraction of sp³-hybridized carbons (Fsp3) is 0.417. The van der Waals surface area contributed by atoms with Crippen LogP contribution in [0, 0.1) is 5.92 Å². The molecule has 3 aromatic carbocycles. The predicted octanol–water partition coefficient (Wildman–Crippen LogP) is 6.71.